The maximum absolute atomic E-state index is 12.0. The van der Waals surface area contributed by atoms with E-state index in [4.69, 9.17) is 5.73 Å². The highest BCUT2D eigenvalue weighted by molar-refractivity contribution is 14.1. The zero-order chi connectivity index (χ0) is 13.0. The van der Waals surface area contributed by atoms with Crippen LogP contribution in [0.5, 0.6) is 0 Å². The van der Waals surface area contributed by atoms with Crippen molar-refractivity contribution in [3.8, 4) is 0 Å². The van der Waals surface area contributed by atoms with E-state index in [0.29, 0.717) is 6.54 Å². The molecule has 0 fully saturated rings. The van der Waals surface area contributed by atoms with Crippen molar-refractivity contribution in [1.82, 2.24) is 4.90 Å². The standard InChI is InChI=1S/C13H19IN2O/c1-9(2)12(15)13(17)16(3)8-10-6-4-5-7-11(10)14/h4-7,9,12H,8,15H2,1-3H3. The molecule has 94 valence electrons. The number of hydrogen-bond acceptors (Lipinski definition) is 2. The van der Waals surface area contributed by atoms with Gasteiger partial charge in [-0.05, 0) is 40.1 Å². The second kappa shape index (κ2) is 6.35. The summed E-state index contributed by atoms with van der Waals surface area (Å²) in [6.07, 6.45) is 0. The Morgan fingerprint density at radius 1 is 1.41 bits per heavy atom. The average Bonchev–Trinajstić information content (AvgIpc) is 2.30. The first-order valence-corrected chi connectivity index (χ1v) is 6.75. The van der Waals surface area contributed by atoms with Gasteiger partial charge >= 0.3 is 0 Å². The van der Waals surface area contributed by atoms with Gasteiger partial charge in [0.2, 0.25) is 5.91 Å². The molecule has 17 heavy (non-hydrogen) atoms. The van der Waals surface area contributed by atoms with Crippen LogP contribution >= 0.6 is 22.6 Å². The Bertz CT molecular complexity index is 393. The summed E-state index contributed by atoms with van der Waals surface area (Å²) < 4.78 is 1.17. The van der Waals surface area contributed by atoms with Crippen molar-refractivity contribution in [2.75, 3.05) is 7.05 Å². The predicted octanol–water partition coefficient (Wildman–Crippen LogP) is 2.23. The quantitative estimate of drug-likeness (QED) is 0.850. The molecule has 1 atom stereocenters. The first-order chi connectivity index (χ1) is 7.93. The molecular weight excluding hydrogens is 327 g/mol. The van der Waals surface area contributed by atoms with Crippen molar-refractivity contribution in [1.29, 1.82) is 0 Å². The first kappa shape index (κ1) is 14.4. The SMILES string of the molecule is CC(C)C(N)C(=O)N(C)Cc1ccccc1I. The molecule has 0 saturated carbocycles. The van der Waals surface area contributed by atoms with Crippen LogP contribution in [0.4, 0.5) is 0 Å². The van der Waals surface area contributed by atoms with Gasteiger partial charge in [-0.25, -0.2) is 0 Å². The van der Waals surface area contributed by atoms with Gasteiger partial charge in [-0.1, -0.05) is 32.0 Å². The number of nitrogens with two attached hydrogens (primary N) is 1. The van der Waals surface area contributed by atoms with Crippen LogP contribution in [0.15, 0.2) is 24.3 Å². The van der Waals surface area contributed by atoms with Crippen molar-refractivity contribution in [2.24, 2.45) is 11.7 Å². The summed E-state index contributed by atoms with van der Waals surface area (Å²) >= 11 is 2.28. The summed E-state index contributed by atoms with van der Waals surface area (Å²) in [6.45, 7) is 4.53. The molecule has 2 N–H and O–H groups in total. The number of rotatable bonds is 4. The maximum atomic E-state index is 12.0. The number of likely N-dealkylation sites (N-methyl/N-ethyl adjacent to an activating group) is 1. The fourth-order valence-corrected chi connectivity index (χ4v) is 2.06. The van der Waals surface area contributed by atoms with Crippen molar-refractivity contribution in [2.45, 2.75) is 26.4 Å². The zero-order valence-corrected chi connectivity index (χ0v) is 12.6. The summed E-state index contributed by atoms with van der Waals surface area (Å²) in [5, 5.41) is 0. The van der Waals surface area contributed by atoms with Crippen LogP contribution < -0.4 is 5.73 Å². The van der Waals surface area contributed by atoms with Crippen molar-refractivity contribution >= 4 is 28.5 Å². The van der Waals surface area contributed by atoms with Crippen LogP contribution in [0.3, 0.4) is 0 Å². The Kier molecular flexibility index (Phi) is 5.39. The van der Waals surface area contributed by atoms with E-state index in [1.165, 1.54) is 3.57 Å². The van der Waals surface area contributed by atoms with Crippen molar-refractivity contribution in [3.63, 3.8) is 0 Å². The molecule has 0 saturated heterocycles. The van der Waals surface area contributed by atoms with Gasteiger partial charge in [0.05, 0.1) is 6.04 Å². The summed E-state index contributed by atoms with van der Waals surface area (Å²) in [7, 11) is 1.80. The Morgan fingerprint density at radius 2 is 2.00 bits per heavy atom. The van der Waals surface area contributed by atoms with Crippen LogP contribution in [0, 0.1) is 9.49 Å². The van der Waals surface area contributed by atoms with Gasteiger partial charge in [-0.2, -0.15) is 0 Å². The number of halogens is 1. The lowest BCUT2D eigenvalue weighted by atomic mass is 10.0. The molecular formula is C13H19IN2O. The number of amides is 1. The molecule has 3 nitrogen and oxygen atoms in total. The molecule has 1 rings (SSSR count). The topological polar surface area (TPSA) is 46.3 Å². The molecule has 1 amide bonds. The maximum Gasteiger partial charge on any atom is 0.239 e. The summed E-state index contributed by atoms with van der Waals surface area (Å²) in [5.41, 5.74) is 7.01. The minimum absolute atomic E-state index is 0.000321. The largest absolute Gasteiger partial charge is 0.340 e. The molecule has 0 spiro atoms. The molecule has 4 heteroatoms. The second-order valence-corrected chi connectivity index (χ2v) is 5.72. The molecule has 1 aromatic carbocycles. The van der Waals surface area contributed by atoms with Crippen LogP contribution in [-0.2, 0) is 11.3 Å². The Labute approximate surface area is 117 Å². The predicted molar refractivity (Wildman–Crippen MR) is 78.4 cm³/mol. The third-order valence-corrected chi connectivity index (χ3v) is 3.80. The van der Waals surface area contributed by atoms with E-state index in [1.807, 2.05) is 38.1 Å². The zero-order valence-electron chi connectivity index (χ0n) is 10.5. The van der Waals surface area contributed by atoms with Gasteiger partial charge in [0, 0.05) is 17.2 Å². The number of nitrogens with zero attached hydrogens (tertiary/aromatic N) is 1. The fourth-order valence-electron chi connectivity index (χ4n) is 1.50. The van der Waals surface area contributed by atoms with Gasteiger partial charge < -0.3 is 10.6 Å². The van der Waals surface area contributed by atoms with Crippen LogP contribution in [0.1, 0.15) is 19.4 Å². The molecule has 0 aliphatic heterocycles. The lowest BCUT2D eigenvalue weighted by molar-refractivity contribution is -0.132. The third-order valence-electron chi connectivity index (χ3n) is 2.74. The highest BCUT2D eigenvalue weighted by Gasteiger charge is 2.21. The van der Waals surface area contributed by atoms with E-state index in [-0.39, 0.29) is 11.8 Å². The summed E-state index contributed by atoms with van der Waals surface area (Å²) in [5.74, 6) is 0.166. The van der Waals surface area contributed by atoms with Gasteiger partial charge in [-0.15, -0.1) is 0 Å². The smallest absolute Gasteiger partial charge is 0.239 e. The second-order valence-electron chi connectivity index (χ2n) is 4.56. The molecule has 0 bridgehead atoms. The van der Waals surface area contributed by atoms with Gasteiger partial charge in [0.15, 0.2) is 0 Å². The fraction of sp³-hybridized carbons (Fsp3) is 0.462. The number of hydrogen-bond donors (Lipinski definition) is 1. The van der Waals surface area contributed by atoms with E-state index in [2.05, 4.69) is 22.6 Å². The van der Waals surface area contributed by atoms with E-state index in [1.54, 1.807) is 11.9 Å². The van der Waals surface area contributed by atoms with Gasteiger partial charge in [0.1, 0.15) is 0 Å². The highest BCUT2D eigenvalue weighted by Crippen LogP contribution is 2.14. The van der Waals surface area contributed by atoms with Gasteiger partial charge in [0.25, 0.3) is 0 Å². The van der Waals surface area contributed by atoms with Crippen molar-refractivity contribution < 1.29 is 4.79 Å². The number of carbonyl (C=O) groups excluding carboxylic acids is 1. The van der Waals surface area contributed by atoms with E-state index < -0.39 is 6.04 Å². The Balaban J connectivity index is 2.70. The highest BCUT2D eigenvalue weighted by atomic mass is 127. The number of benzene rings is 1. The Hall–Kier alpha value is -0.620. The number of carbonyl (C=O) groups is 1. The lowest BCUT2D eigenvalue weighted by Crippen LogP contribution is -2.44. The first-order valence-electron chi connectivity index (χ1n) is 5.67. The van der Waals surface area contributed by atoms with Crippen molar-refractivity contribution in [3.05, 3.63) is 33.4 Å². The molecule has 0 aliphatic carbocycles. The van der Waals surface area contributed by atoms with Gasteiger partial charge in [-0.3, -0.25) is 4.79 Å². The monoisotopic (exact) mass is 346 g/mol. The van der Waals surface area contributed by atoms with Crippen LogP contribution in [0.25, 0.3) is 0 Å². The summed E-state index contributed by atoms with van der Waals surface area (Å²) in [4.78, 5) is 13.7. The molecule has 0 heterocycles. The molecule has 0 aromatic heterocycles. The molecule has 1 unspecified atom stereocenters. The molecule has 1 aromatic rings. The lowest BCUT2D eigenvalue weighted by Gasteiger charge is -2.23. The Morgan fingerprint density at radius 3 is 2.53 bits per heavy atom. The molecule has 0 aliphatic rings. The van der Waals surface area contributed by atoms with Crippen LogP contribution in [-0.4, -0.2) is 23.9 Å². The average molecular weight is 346 g/mol. The minimum atomic E-state index is -0.415. The molecule has 0 radical (unpaired) electrons. The van der Waals surface area contributed by atoms with E-state index in [0.717, 1.165) is 5.56 Å². The van der Waals surface area contributed by atoms with E-state index >= 15 is 0 Å². The third kappa shape index (κ3) is 3.96. The summed E-state index contributed by atoms with van der Waals surface area (Å²) in [6, 6.07) is 7.63. The van der Waals surface area contributed by atoms with Crippen LogP contribution in [0.2, 0.25) is 0 Å². The minimum Gasteiger partial charge on any atom is -0.340 e. The van der Waals surface area contributed by atoms with E-state index in [9.17, 15) is 4.79 Å². The normalized spacial score (nSPS) is 12.6.